The van der Waals surface area contributed by atoms with E-state index in [4.69, 9.17) is 12.9 Å². The van der Waals surface area contributed by atoms with Crippen LogP contribution in [0, 0.1) is 0 Å². The minimum absolute atomic E-state index is 0.457. The van der Waals surface area contributed by atoms with E-state index < -0.39 is 5.77 Å². The summed E-state index contributed by atoms with van der Waals surface area (Å²) in [6.45, 7) is 4.59. The zero-order chi connectivity index (χ0) is 14.4. The highest BCUT2D eigenvalue weighted by Gasteiger charge is 2.32. The molecule has 0 radical (unpaired) electrons. The lowest BCUT2D eigenvalue weighted by atomic mass is 10.0. The smallest absolute Gasteiger partial charge is 0.398 e. The largest absolute Gasteiger partial charge is 0.413 e. The Morgan fingerprint density at radius 1 is 1.20 bits per heavy atom. The lowest BCUT2D eigenvalue weighted by molar-refractivity contribution is 0.398. The van der Waals surface area contributed by atoms with Gasteiger partial charge in [-0.25, -0.2) is 9.55 Å². The third-order valence-corrected chi connectivity index (χ3v) is 8.41. The van der Waals surface area contributed by atoms with Crippen LogP contribution in [0.15, 0.2) is 0 Å². The predicted molar refractivity (Wildman–Crippen MR) is 85.4 cm³/mol. The van der Waals surface area contributed by atoms with Gasteiger partial charge in [0, 0.05) is 4.88 Å². The van der Waals surface area contributed by atoms with Crippen molar-refractivity contribution in [1.29, 1.82) is 0 Å². The highest BCUT2D eigenvalue weighted by Crippen LogP contribution is 2.70. The summed E-state index contributed by atoms with van der Waals surface area (Å²) in [6, 6.07) is 0. The van der Waals surface area contributed by atoms with Crippen LogP contribution in [-0.2, 0) is 25.8 Å². The number of hydrogen-bond donors (Lipinski definition) is 0. The molecule has 0 spiro atoms. The van der Waals surface area contributed by atoms with E-state index in [9.17, 15) is 4.57 Å². The summed E-state index contributed by atoms with van der Waals surface area (Å²) in [5.41, 5.74) is 1.09. The fourth-order valence-electron chi connectivity index (χ4n) is 1.74. The van der Waals surface area contributed by atoms with Gasteiger partial charge in [-0.2, -0.15) is 0 Å². The fourth-order valence-corrected chi connectivity index (χ4v) is 7.24. The van der Waals surface area contributed by atoms with Gasteiger partial charge in [0.1, 0.15) is 23.3 Å². The molecule has 5 nitrogen and oxygen atoms in total. The van der Waals surface area contributed by atoms with Crippen molar-refractivity contribution in [2.75, 3.05) is 13.2 Å². The van der Waals surface area contributed by atoms with Crippen LogP contribution in [0.3, 0.4) is 0 Å². The van der Waals surface area contributed by atoms with Gasteiger partial charge in [-0.1, -0.05) is 11.3 Å². The van der Waals surface area contributed by atoms with Crippen molar-refractivity contribution in [2.45, 2.75) is 39.5 Å². The van der Waals surface area contributed by atoms with Crippen LogP contribution in [0.25, 0.3) is 0 Å². The Morgan fingerprint density at radius 2 is 1.85 bits per heavy atom. The van der Waals surface area contributed by atoms with Crippen molar-refractivity contribution < 1.29 is 17.5 Å². The number of hydrogen-bond acceptors (Lipinski definition) is 8. The van der Waals surface area contributed by atoms with Crippen LogP contribution < -0.4 is 4.52 Å². The van der Waals surface area contributed by atoms with Gasteiger partial charge in [-0.3, -0.25) is 0 Å². The molecule has 1 aliphatic carbocycles. The molecule has 0 unspecified atom stereocenters. The van der Waals surface area contributed by atoms with Gasteiger partial charge in [0.15, 0.2) is 0 Å². The second kappa shape index (κ2) is 8.06. The van der Waals surface area contributed by atoms with Crippen molar-refractivity contribution >= 4 is 40.4 Å². The Hall–Kier alpha value is 0.280. The molecule has 0 atom stereocenters. The highest BCUT2D eigenvalue weighted by atomic mass is 33.1. The lowest BCUT2D eigenvalue weighted by Crippen LogP contribution is -1.99. The number of aromatic nitrogens is 1. The van der Waals surface area contributed by atoms with E-state index in [1.54, 1.807) is 0 Å². The van der Waals surface area contributed by atoms with Crippen LogP contribution in [0.2, 0.25) is 0 Å². The van der Waals surface area contributed by atoms with Crippen LogP contribution in [0.1, 0.15) is 37.3 Å². The van der Waals surface area contributed by atoms with Gasteiger partial charge in [0.05, 0.1) is 18.9 Å². The number of nitrogens with zero attached hydrogens (tertiary/aromatic N) is 1. The number of rotatable bonds is 8. The third-order valence-electron chi connectivity index (χ3n) is 2.54. The number of thiazole rings is 1. The van der Waals surface area contributed by atoms with E-state index in [0.717, 1.165) is 48.3 Å². The topological polar surface area (TPSA) is 57.7 Å². The van der Waals surface area contributed by atoms with Gasteiger partial charge in [-0.15, -0.1) is 0 Å². The molecule has 0 N–H and O–H groups in total. The first-order chi connectivity index (χ1) is 9.67. The first-order valence-corrected chi connectivity index (χ1v) is 11.7. The van der Waals surface area contributed by atoms with Crippen LogP contribution in [0.5, 0.6) is 5.19 Å². The molecule has 9 heteroatoms. The van der Waals surface area contributed by atoms with Gasteiger partial charge in [-0.05, 0) is 39.5 Å². The molecule has 2 rings (SSSR count). The maximum absolute atomic E-state index is 12.6. The van der Waals surface area contributed by atoms with E-state index in [2.05, 4.69) is 4.98 Å². The molecule has 0 fully saturated rings. The molecular formula is C11H18NO4PS3. The van der Waals surface area contributed by atoms with Crippen molar-refractivity contribution in [3.8, 4) is 5.19 Å². The summed E-state index contributed by atoms with van der Waals surface area (Å²) < 4.78 is 28.6. The number of aryl methyl sites for hydroxylation is 2. The highest BCUT2D eigenvalue weighted by molar-refractivity contribution is 8.87. The van der Waals surface area contributed by atoms with Gasteiger partial charge >= 0.3 is 5.77 Å². The maximum Gasteiger partial charge on any atom is 0.413 e. The molecule has 0 bridgehead atoms. The van der Waals surface area contributed by atoms with Crippen LogP contribution in [-0.4, -0.2) is 18.2 Å². The molecule has 0 amide bonds. The monoisotopic (exact) mass is 355 g/mol. The van der Waals surface area contributed by atoms with E-state index in [1.165, 1.54) is 22.6 Å². The Balaban J connectivity index is 2.06. The third kappa shape index (κ3) is 4.64. The quantitative estimate of drug-likeness (QED) is 0.486. The molecule has 0 saturated carbocycles. The summed E-state index contributed by atoms with van der Waals surface area (Å²) in [5, 5.41) is 0.458. The Morgan fingerprint density at radius 3 is 2.45 bits per heavy atom. The molecule has 0 aromatic carbocycles. The molecule has 1 heterocycles. The Labute approximate surface area is 131 Å². The lowest BCUT2D eigenvalue weighted by Gasteiger charge is -2.13. The van der Waals surface area contributed by atoms with E-state index >= 15 is 0 Å². The zero-order valence-corrected chi connectivity index (χ0v) is 14.8. The minimum atomic E-state index is -3.14. The molecule has 1 aromatic rings. The van der Waals surface area contributed by atoms with E-state index in [1.807, 2.05) is 13.8 Å². The normalized spacial score (nSPS) is 15.1. The molecule has 0 saturated heterocycles. The first-order valence-electron chi connectivity index (χ1n) is 6.57. The molecule has 0 aliphatic heterocycles. The van der Waals surface area contributed by atoms with Gasteiger partial charge < -0.3 is 12.9 Å². The summed E-state index contributed by atoms with van der Waals surface area (Å²) in [6.07, 6.45) is 4.37. The van der Waals surface area contributed by atoms with Gasteiger partial charge in [0.2, 0.25) is 0 Å². The van der Waals surface area contributed by atoms with Crippen molar-refractivity contribution in [1.82, 2.24) is 4.98 Å². The maximum atomic E-state index is 12.6. The summed E-state index contributed by atoms with van der Waals surface area (Å²) in [4.78, 5) is 5.69. The van der Waals surface area contributed by atoms with Gasteiger partial charge in [0.25, 0.3) is 5.19 Å². The average molecular weight is 355 g/mol. The predicted octanol–water partition coefficient (Wildman–Crippen LogP) is 4.88. The Bertz CT molecular complexity index is 447. The summed E-state index contributed by atoms with van der Waals surface area (Å²) >= 11 is 3.17. The first kappa shape index (κ1) is 16.6. The van der Waals surface area contributed by atoms with Crippen LogP contribution in [0.4, 0.5) is 0 Å². The molecule has 1 aliphatic rings. The second-order valence-corrected chi connectivity index (χ2v) is 11.4. The summed E-state index contributed by atoms with van der Waals surface area (Å²) in [7, 11) is 0. The average Bonchev–Trinajstić information content (AvgIpc) is 2.85. The van der Waals surface area contributed by atoms with E-state index in [-0.39, 0.29) is 0 Å². The minimum Gasteiger partial charge on any atom is -0.398 e. The molecular weight excluding hydrogens is 337 g/mol. The van der Waals surface area contributed by atoms with Crippen LogP contribution >= 0.6 is 40.4 Å². The second-order valence-electron chi connectivity index (χ2n) is 4.06. The zero-order valence-electron chi connectivity index (χ0n) is 11.5. The molecule has 114 valence electrons. The standard InChI is InChI=1S/C11H18NO4PS3/c1-3-14-19-17(13,20-15-4-2)16-11-12-9-7-5-6-8-10(9)18-11/h3-8H2,1-2H3. The van der Waals surface area contributed by atoms with E-state index in [0.29, 0.717) is 18.4 Å². The van der Waals surface area contributed by atoms with Crippen molar-refractivity contribution in [2.24, 2.45) is 0 Å². The Kier molecular flexibility index (Phi) is 6.71. The van der Waals surface area contributed by atoms with Crippen molar-refractivity contribution in [3.05, 3.63) is 10.6 Å². The number of fused-ring (bicyclic) bond motifs is 1. The SMILES string of the molecule is CCOSP(=O)(Oc1nc2c(s1)CCCC2)SOCC. The van der Waals surface area contributed by atoms with Crippen molar-refractivity contribution in [3.63, 3.8) is 0 Å². The fraction of sp³-hybridized carbons (Fsp3) is 0.727. The summed E-state index contributed by atoms with van der Waals surface area (Å²) in [5.74, 6) is -3.14. The molecule has 1 aromatic heterocycles. The molecule has 20 heavy (non-hydrogen) atoms.